The average molecular weight is 264 g/mol. The molecular weight excluding hydrogens is 248 g/mol. The number of aryl methyl sites for hydroxylation is 1. The molecule has 2 heterocycles. The number of likely N-dealkylation sites (tertiary alicyclic amines) is 1. The fourth-order valence-electron chi connectivity index (χ4n) is 2.30. The highest BCUT2D eigenvalue weighted by atomic mass is 16.4. The molecule has 1 saturated heterocycles. The number of hydrogen-bond donors (Lipinski definition) is 1. The van der Waals surface area contributed by atoms with Crippen molar-refractivity contribution in [2.45, 2.75) is 32.4 Å². The Balaban J connectivity index is 2.13. The molecule has 1 atom stereocenters. The van der Waals surface area contributed by atoms with E-state index in [1.54, 1.807) is 19.2 Å². The molecule has 1 aliphatic heterocycles. The SMILES string of the molecule is Cc1ccn(CC(=O)N2CCCC2C(=O)O)c(=O)c1. The first kappa shape index (κ1) is 13.3. The first-order valence-electron chi connectivity index (χ1n) is 6.18. The number of rotatable bonds is 3. The topological polar surface area (TPSA) is 79.6 Å². The van der Waals surface area contributed by atoms with Gasteiger partial charge in [0.15, 0.2) is 0 Å². The molecule has 19 heavy (non-hydrogen) atoms. The summed E-state index contributed by atoms with van der Waals surface area (Å²) in [5.41, 5.74) is 0.581. The summed E-state index contributed by atoms with van der Waals surface area (Å²) in [4.78, 5) is 36.1. The summed E-state index contributed by atoms with van der Waals surface area (Å²) in [6, 6.07) is 2.44. The molecule has 0 aromatic carbocycles. The second-order valence-electron chi connectivity index (χ2n) is 4.75. The van der Waals surface area contributed by atoms with E-state index in [1.165, 1.54) is 15.5 Å². The minimum Gasteiger partial charge on any atom is -0.480 e. The number of carbonyl (C=O) groups excluding carboxylic acids is 1. The van der Waals surface area contributed by atoms with Crippen molar-refractivity contribution in [3.8, 4) is 0 Å². The molecule has 0 aliphatic carbocycles. The van der Waals surface area contributed by atoms with Gasteiger partial charge in [0.05, 0.1) is 0 Å². The lowest BCUT2D eigenvalue weighted by Crippen LogP contribution is -2.43. The van der Waals surface area contributed by atoms with Crippen LogP contribution in [0, 0.1) is 6.92 Å². The molecule has 1 N–H and O–H groups in total. The van der Waals surface area contributed by atoms with Gasteiger partial charge >= 0.3 is 5.97 Å². The predicted octanol–water partition coefficient (Wildman–Crippen LogP) is 0.232. The Kier molecular flexibility index (Phi) is 3.69. The fourth-order valence-corrected chi connectivity index (χ4v) is 2.30. The van der Waals surface area contributed by atoms with Crippen molar-refractivity contribution in [2.75, 3.05) is 6.54 Å². The van der Waals surface area contributed by atoms with Crippen LogP contribution in [0.15, 0.2) is 23.1 Å². The molecule has 1 fully saturated rings. The predicted molar refractivity (Wildman–Crippen MR) is 67.8 cm³/mol. The lowest BCUT2D eigenvalue weighted by molar-refractivity contribution is -0.148. The maximum Gasteiger partial charge on any atom is 0.326 e. The summed E-state index contributed by atoms with van der Waals surface area (Å²) >= 11 is 0. The van der Waals surface area contributed by atoms with Crippen molar-refractivity contribution in [1.82, 2.24) is 9.47 Å². The van der Waals surface area contributed by atoms with Crippen LogP contribution in [0.1, 0.15) is 18.4 Å². The lowest BCUT2D eigenvalue weighted by Gasteiger charge is -2.21. The van der Waals surface area contributed by atoms with E-state index in [4.69, 9.17) is 5.11 Å². The molecule has 0 spiro atoms. The van der Waals surface area contributed by atoms with Crippen LogP contribution >= 0.6 is 0 Å². The second-order valence-corrected chi connectivity index (χ2v) is 4.75. The standard InChI is InChI=1S/C13H16N2O4/c1-9-4-6-14(11(16)7-9)8-12(17)15-5-2-3-10(15)13(18)19/h4,6-7,10H,2-3,5,8H2,1H3,(H,18,19). The van der Waals surface area contributed by atoms with Gasteiger partial charge < -0.3 is 14.6 Å². The van der Waals surface area contributed by atoms with Gasteiger partial charge in [-0.25, -0.2) is 4.79 Å². The van der Waals surface area contributed by atoms with Crippen molar-refractivity contribution in [1.29, 1.82) is 0 Å². The number of carboxylic acids is 1. The van der Waals surface area contributed by atoms with Crippen molar-refractivity contribution >= 4 is 11.9 Å². The number of aliphatic carboxylic acids is 1. The van der Waals surface area contributed by atoms with Crippen molar-refractivity contribution < 1.29 is 14.7 Å². The molecule has 1 aromatic rings. The van der Waals surface area contributed by atoms with E-state index in [0.29, 0.717) is 19.4 Å². The zero-order valence-electron chi connectivity index (χ0n) is 10.7. The summed E-state index contributed by atoms with van der Waals surface area (Å²) in [7, 11) is 0. The van der Waals surface area contributed by atoms with Gasteiger partial charge in [-0.05, 0) is 31.4 Å². The van der Waals surface area contributed by atoms with Gasteiger partial charge in [0.25, 0.3) is 5.56 Å². The number of hydrogen-bond acceptors (Lipinski definition) is 3. The summed E-state index contributed by atoms with van der Waals surface area (Å²) in [5, 5.41) is 9.03. The van der Waals surface area contributed by atoms with Gasteiger partial charge in [-0.2, -0.15) is 0 Å². The Morgan fingerprint density at radius 2 is 2.21 bits per heavy atom. The van der Waals surface area contributed by atoms with Gasteiger partial charge in [0, 0.05) is 18.8 Å². The van der Waals surface area contributed by atoms with E-state index in [1.807, 2.05) is 0 Å². The van der Waals surface area contributed by atoms with Crippen LogP contribution in [0.4, 0.5) is 0 Å². The second kappa shape index (κ2) is 5.26. The van der Waals surface area contributed by atoms with Gasteiger partial charge in [0.2, 0.25) is 5.91 Å². The van der Waals surface area contributed by atoms with E-state index in [9.17, 15) is 14.4 Å². The first-order valence-corrected chi connectivity index (χ1v) is 6.18. The van der Waals surface area contributed by atoms with Crippen molar-refractivity contribution in [2.24, 2.45) is 0 Å². The van der Waals surface area contributed by atoms with Crippen LogP contribution in [0.5, 0.6) is 0 Å². The molecular formula is C13H16N2O4. The smallest absolute Gasteiger partial charge is 0.326 e. The Bertz CT molecular complexity index is 564. The van der Waals surface area contributed by atoms with Crippen LogP contribution in [0.25, 0.3) is 0 Å². The Labute approximate surface area is 110 Å². The molecule has 0 bridgehead atoms. The molecule has 6 nitrogen and oxygen atoms in total. The van der Waals surface area contributed by atoms with Crippen LogP contribution < -0.4 is 5.56 Å². The van der Waals surface area contributed by atoms with Gasteiger partial charge in [0.1, 0.15) is 12.6 Å². The summed E-state index contributed by atoms with van der Waals surface area (Å²) in [6.07, 6.45) is 2.72. The highest BCUT2D eigenvalue weighted by molar-refractivity contribution is 5.84. The molecule has 1 aliphatic rings. The van der Waals surface area contributed by atoms with E-state index in [2.05, 4.69) is 0 Å². The van der Waals surface area contributed by atoms with Crippen LogP contribution in [0.3, 0.4) is 0 Å². The Hall–Kier alpha value is -2.11. The summed E-state index contributed by atoms with van der Waals surface area (Å²) in [6.45, 7) is 2.13. The largest absolute Gasteiger partial charge is 0.480 e. The van der Waals surface area contributed by atoms with Crippen LogP contribution in [-0.4, -0.2) is 39.0 Å². The third-order valence-corrected chi connectivity index (χ3v) is 3.32. The third-order valence-electron chi connectivity index (χ3n) is 3.32. The fraction of sp³-hybridized carbons (Fsp3) is 0.462. The van der Waals surface area contributed by atoms with Crippen LogP contribution in [-0.2, 0) is 16.1 Å². The molecule has 0 radical (unpaired) electrons. The molecule has 1 aromatic heterocycles. The quantitative estimate of drug-likeness (QED) is 0.847. The van der Waals surface area contributed by atoms with E-state index >= 15 is 0 Å². The lowest BCUT2D eigenvalue weighted by atomic mass is 10.2. The Morgan fingerprint density at radius 1 is 1.47 bits per heavy atom. The summed E-state index contributed by atoms with van der Waals surface area (Å²) < 4.78 is 1.30. The van der Waals surface area contributed by atoms with Gasteiger partial charge in [-0.1, -0.05) is 0 Å². The number of aromatic nitrogens is 1. The molecule has 1 amide bonds. The average Bonchev–Trinajstić information content (AvgIpc) is 2.82. The van der Waals surface area contributed by atoms with E-state index in [-0.39, 0.29) is 18.0 Å². The number of carbonyl (C=O) groups is 2. The maximum absolute atomic E-state index is 12.1. The number of nitrogens with zero attached hydrogens (tertiary/aromatic N) is 2. The third kappa shape index (κ3) is 2.83. The van der Waals surface area contributed by atoms with Crippen molar-refractivity contribution in [3.05, 3.63) is 34.2 Å². The number of amides is 1. The molecule has 6 heteroatoms. The summed E-state index contributed by atoms with van der Waals surface area (Å²) in [5.74, 6) is -1.31. The zero-order valence-corrected chi connectivity index (χ0v) is 10.7. The molecule has 1 unspecified atom stereocenters. The van der Waals surface area contributed by atoms with Crippen molar-refractivity contribution in [3.63, 3.8) is 0 Å². The minimum atomic E-state index is -0.984. The zero-order chi connectivity index (χ0) is 14.0. The highest BCUT2D eigenvalue weighted by Crippen LogP contribution is 2.17. The Morgan fingerprint density at radius 3 is 2.84 bits per heavy atom. The number of pyridine rings is 1. The normalized spacial score (nSPS) is 18.6. The first-order chi connectivity index (χ1) is 8.99. The van der Waals surface area contributed by atoms with Gasteiger partial charge in [-0.15, -0.1) is 0 Å². The van der Waals surface area contributed by atoms with Crippen LogP contribution in [0.2, 0.25) is 0 Å². The molecule has 102 valence electrons. The van der Waals surface area contributed by atoms with E-state index in [0.717, 1.165) is 5.56 Å². The molecule has 0 saturated carbocycles. The number of carboxylic acid groups (broad SMARTS) is 1. The highest BCUT2D eigenvalue weighted by Gasteiger charge is 2.33. The molecule has 2 rings (SSSR count). The maximum atomic E-state index is 12.1. The van der Waals surface area contributed by atoms with E-state index < -0.39 is 12.0 Å². The van der Waals surface area contributed by atoms with Gasteiger partial charge in [-0.3, -0.25) is 9.59 Å². The monoisotopic (exact) mass is 264 g/mol. The minimum absolute atomic E-state index is 0.108.